The van der Waals surface area contributed by atoms with Crippen molar-refractivity contribution < 1.29 is 0 Å². The van der Waals surface area contributed by atoms with Crippen LogP contribution in [0.5, 0.6) is 0 Å². The Morgan fingerprint density at radius 1 is 1.29 bits per heavy atom. The highest BCUT2D eigenvalue weighted by Crippen LogP contribution is 2.29. The van der Waals surface area contributed by atoms with E-state index < -0.39 is 0 Å². The summed E-state index contributed by atoms with van der Waals surface area (Å²) in [5, 5.41) is 12.2. The fourth-order valence-corrected chi connectivity index (χ4v) is 2.58. The fraction of sp³-hybridized carbons (Fsp3) is 0.500. The highest BCUT2D eigenvalue weighted by Gasteiger charge is 2.23. The summed E-state index contributed by atoms with van der Waals surface area (Å²) < 4.78 is 0. The van der Waals surface area contributed by atoms with Gasteiger partial charge in [-0.25, -0.2) is 0 Å². The van der Waals surface area contributed by atoms with Gasteiger partial charge in [0.1, 0.15) is 0 Å². The molecule has 2 rings (SSSR count). The van der Waals surface area contributed by atoms with Crippen molar-refractivity contribution in [3.05, 3.63) is 29.8 Å². The van der Waals surface area contributed by atoms with Crippen LogP contribution in [0, 0.1) is 17.2 Å². The molecule has 0 radical (unpaired) electrons. The number of anilines is 1. The van der Waals surface area contributed by atoms with Crippen LogP contribution in [0.2, 0.25) is 0 Å². The van der Waals surface area contributed by atoms with E-state index in [4.69, 9.17) is 11.0 Å². The summed E-state index contributed by atoms with van der Waals surface area (Å²) in [4.78, 5) is 0. The minimum absolute atomic E-state index is 0.366. The second-order valence-electron chi connectivity index (χ2n) is 4.72. The fourth-order valence-electron chi connectivity index (χ4n) is 2.58. The molecule has 1 aliphatic carbocycles. The van der Waals surface area contributed by atoms with Gasteiger partial charge in [0.2, 0.25) is 0 Å². The number of hydrogen-bond acceptors (Lipinski definition) is 3. The zero-order valence-electron chi connectivity index (χ0n) is 10.0. The van der Waals surface area contributed by atoms with Crippen molar-refractivity contribution in [3.8, 4) is 6.07 Å². The van der Waals surface area contributed by atoms with E-state index in [1.807, 2.05) is 24.3 Å². The lowest BCUT2D eigenvalue weighted by Crippen LogP contribution is -2.35. The Labute approximate surface area is 103 Å². The van der Waals surface area contributed by atoms with Gasteiger partial charge in [0.05, 0.1) is 11.6 Å². The minimum Gasteiger partial charge on any atom is -0.381 e. The average Bonchev–Trinajstić information content (AvgIpc) is 2.90. The third-order valence-corrected chi connectivity index (χ3v) is 3.59. The van der Waals surface area contributed by atoms with E-state index >= 15 is 0 Å². The predicted molar refractivity (Wildman–Crippen MR) is 69.6 cm³/mol. The first-order chi connectivity index (χ1) is 8.33. The topological polar surface area (TPSA) is 61.8 Å². The maximum Gasteiger partial charge on any atom is 0.0991 e. The first kappa shape index (κ1) is 11.9. The normalized spacial score (nSPS) is 17.6. The number of hydrogen-bond donors (Lipinski definition) is 2. The molecule has 1 saturated carbocycles. The van der Waals surface area contributed by atoms with Gasteiger partial charge in [0.15, 0.2) is 0 Å². The lowest BCUT2D eigenvalue weighted by molar-refractivity contribution is 0.462. The summed E-state index contributed by atoms with van der Waals surface area (Å²) in [5.74, 6) is 0.704. The van der Waals surface area contributed by atoms with Crippen LogP contribution in [0.3, 0.4) is 0 Å². The molecule has 1 aromatic carbocycles. The summed E-state index contributed by atoms with van der Waals surface area (Å²) in [5.41, 5.74) is 7.60. The molecule has 3 nitrogen and oxygen atoms in total. The van der Waals surface area contributed by atoms with Crippen molar-refractivity contribution in [2.75, 3.05) is 11.9 Å². The van der Waals surface area contributed by atoms with Gasteiger partial charge < -0.3 is 11.1 Å². The van der Waals surface area contributed by atoms with Crippen LogP contribution in [0.15, 0.2) is 24.3 Å². The third kappa shape index (κ3) is 2.98. The largest absolute Gasteiger partial charge is 0.381 e. The van der Waals surface area contributed by atoms with Gasteiger partial charge >= 0.3 is 0 Å². The van der Waals surface area contributed by atoms with E-state index in [-0.39, 0.29) is 0 Å². The maximum absolute atomic E-state index is 8.74. The molecule has 0 heterocycles. The van der Waals surface area contributed by atoms with Crippen molar-refractivity contribution in [1.82, 2.24) is 0 Å². The van der Waals surface area contributed by atoms with Crippen molar-refractivity contribution >= 4 is 5.69 Å². The summed E-state index contributed by atoms with van der Waals surface area (Å²) in [6.45, 7) is 0.671. The van der Waals surface area contributed by atoms with Gasteiger partial charge in [-0.1, -0.05) is 12.8 Å². The van der Waals surface area contributed by atoms with Gasteiger partial charge in [0, 0.05) is 18.3 Å². The zero-order valence-corrected chi connectivity index (χ0v) is 10.0. The van der Waals surface area contributed by atoms with E-state index in [9.17, 15) is 0 Å². The lowest BCUT2D eigenvalue weighted by atomic mass is 9.98. The van der Waals surface area contributed by atoms with Gasteiger partial charge in [-0.2, -0.15) is 5.26 Å². The Morgan fingerprint density at radius 3 is 2.47 bits per heavy atom. The predicted octanol–water partition coefficient (Wildman–Crippen LogP) is 2.49. The van der Waals surface area contributed by atoms with E-state index in [2.05, 4.69) is 11.4 Å². The number of benzene rings is 1. The van der Waals surface area contributed by atoms with E-state index in [1.165, 1.54) is 25.7 Å². The molecular formula is C14H19N3. The molecule has 3 N–H and O–H groups in total. The van der Waals surface area contributed by atoms with Crippen molar-refractivity contribution in [2.45, 2.75) is 31.7 Å². The standard InChI is InChI=1S/C14H19N3/c15-9-11-5-7-13(8-6-11)17-14(10-16)12-3-1-2-4-12/h5-8,12,14,17H,1-4,10,16H2. The van der Waals surface area contributed by atoms with Crippen LogP contribution in [-0.2, 0) is 0 Å². The molecule has 17 heavy (non-hydrogen) atoms. The molecule has 0 amide bonds. The monoisotopic (exact) mass is 229 g/mol. The summed E-state index contributed by atoms with van der Waals surface area (Å²) in [6.07, 6.45) is 5.22. The molecule has 1 unspecified atom stereocenters. The smallest absolute Gasteiger partial charge is 0.0991 e. The SMILES string of the molecule is N#Cc1ccc(NC(CN)C2CCCC2)cc1. The molecule has 0 aromatic heterocycles. The van der Waals surface area contributed by atoms with E-state index in [0.29, 0.717) is 24.1 Å². The van der Waals surface area contributed by atoms with E-state index in [0.717, 1.165) is 5.69 Å². The molecular weight excluding hydrogens is 210 g/mol. The lowest BCUT2D eigenvalue weighted by Gasteiger charge is -2.24. The Kier molecular flexibility index (Phi) is 4.00. The summed E-state index contributed by atoms with van der Waals surface area (Å²) in [6, 6.07) is 10.1. The Morgan fingerprint density at radius 2 is 1.94 bits per heavy atom. The van der Waals surface area contributed by atoms with Crippen LogP contribution < -0.4 is 11.1 Å². The molecule has 90 valence electrons. The first-order valence-electron chi connectivity index (χ1n) is 6.30. The second kappa shape index (κ2) is 5.70. The van der Waals surface area contributed by atoms with Crippen LogP contribution in [0.25, 0.3) is 0 Å². The van der Waals surface area contributed by atoms with Crippen molar-refractivity contribution in [1.29, 1.82) is 5.26 Å². The van der Waals surface area contributed by atoms with Crippen LogP contribution in [0.1, 0.15) is 31.2 Å². The molecule has 0 saturated heterocycles. The van der Waals surface area contributed by atoms with E-state index in [1.54, 1.807) is 0 Å². The molecule has 3 heteroatoms. The number of nitrogens with two attached hydrogens (primary N) is 1. The van der Waals surface area contributed by atoms with Crippen LogP contribution in [-0.4, -0.2) is 12.6 Å². The molecule has 1 atom stereocenters. The number of nitrogens with zero attached hydrogens (tertiary/aromatic N) is 1. The number of rotatable bonds is 4. The molecule has 0 bridgehead atoms. The van der Waals surface area contributed by atoms with Gasteiger partial charge in [0.25, 0.3) is 0 Å². The molecule has 1 aliphatic rings. The number of nitrogens with one attached hydrogen (secondary N) is 1. The highest BCUT2D eigenvalue weighted by atomic mass is 14.9. The van der Waals surface area contributed by atoms with Crippen LogP contribution >= 0.6 is 0 Å². The molecule has 1 aromatic rings. The zero-order chi connectivity index (χ0) is 12.1. The van der Waals surface area contributed by atoms with Gasteiger partial charge in [-0.05, 0) is 43.0 Å². The highest BCUT2D eigenvalue weighted by molar-refractivity contribution is 5.48. The summed E-state index contributed by atoms with van der Waals surface area (Å²) >= 11 is 0. The third-order valence-electron chi connectivity index (χ3n) is 3.59. The van der Waals surface area contributed by atoms with Gasteiger partial charge in [-0.3, -0.25) is 0 Å². The Hall–Kier alpha value is -1.53. The van der Waals surface area contributed by atoms with Crippen molar-refractivity contribution in [3.63, 3.8) is 0 Å². The number of nitriles is 1. The Balaban J connectivity index is 1.99. The molecule has 0 spiro atoms. The maximum atomic E-state index is 8.74. The Bertz CT molecular complexity index is 385. The quantitative estimate of drug-likeness (QED) is 0.833. The van der Waals surface area contributed by atoms with Crippen molar-refractivity contribution in [2.24, 2.45) is 11.7 Å². The molecule has 0 aliphatic heterocycles. The second-order valence-corrected chi connectivity index (χ2v) is 4.72. The summed E-state index contributed by atoms with van der Waals surface area (Å²) in [7, 11) is 0. The minimum atomic E-state index is 0.366. The van der Waals surface area contributed by atoms with Gasteiger partial charge in [-0.15, -0.1) is 0 Å². The molecule has 1 fully saturated rings. The average molecular weight is 229 g/mol. The van der Waals surface area contributed by atoms with Crippen LogP contribution in [0.4, 0.5) is 5.69 Å². The first-order valence-corrected chi connectivity index (χ1v) is 6.30.